The van der Waals surface area contributed by atoms with Crippen LogP contribution in [0.5, 0.6) is 0 Å². The molecule has 5 rings (SSSR count). The fourth-order valence-electron chi connectivity index (χ4n) is 5.93. The van der Waals surface area contributed by atoms with Crippen LogP contribution < -0.4 is 15.5 Å². The Morgan fingerprint density at radius 1 is 1.05 bits per heavy atom. The number of carbonyl (C=O) groups excluding carboxylic acids is 1. The van der Waals surface area contributed by atoms with Gasteiger partial charge >= 0.3 is 5.69 Å². The first-order chi connectivity index (χ1) is 18.7. The molecule has 39 heavy (non-hydrogen) atoms. The average molecular weight is 549 g/mol. The van der Waals surface area contributed by atoms with Gasteiger partial charge in [0.05, 0.1) is 16.1 Å². The molecule has 2 saturated heterocycles. The highest BCUT2D eigenvalue weighted by Crippen LogP contribution is 2.36. The number of hydrogen-bond donors (Lipinski definition) is 0. The van der Waals surface area contributed by atoms with E-state index < -0.39 is 0 Å². The van der Waals surface area contributed by atoms with Crippen molar-refractivity contribution in [2.75, 3.05) is 36.0 Å². The van der Waals surface area contributed by atoms with Crippen molar-refractivity contribution >= 4 is 40.2 Å². The minimum absolute atomic E-state index is 0.0582. The van der Waals surface area contributed by atoms with Gasteiger partial charge in [-0.05, 0) is 62.8 Å². The number of hydrogen-bond acceptors (Lipinski definition) is 6. The van der Waals surface area contributed by atoms with Gasteiger partial charge in [0.1, 0.15) is 11.6 Å². The summed E-state index contributed by atoms with van der Waals surface area (Å²) in [5.74, 6) is 1.37. The first-order valence-corrected chi connectivity index (χ1v) is 14.3. The van der Waals surface area contributed by atoms with Gasteiger partial charge < -0.3 is 14.7 Å². The number of piperazine rings is 1. The molecule has 8 nitrogen and oxygen atoms in total. The minimum atomic E-state index is -0.380. The number of rotatable bonds is 5. The Labute approximate surface area is 234 Å². The Hall–Kier alpha value is -3.39. The van der Waals surface area contributed by atoms with Gasteiger partial charge in [0, 0.05) is 38.3 Å². The molecule has 0 aliphatic carbocycles. The Kier molecular flexibility index (Phi) is 7.67. The second-order valence-corrected chi connectivity index (χ2v) is 11.4. The highest BCUT2D eigenvalue weighted by Gasteiger charge is 2.31. The molecule has 2 aliphatic rings. The predicted molar refractivity (Wildman–Crippen MR) is 158 cm³/mol. The highest BCUT2D eigenvalue weighted by atomic mass is 35.5. The summed E-state index contributed by atoms with van der Waals surface area (Å²) in [7, 11) is 0. The van der Waals surface area contributed by atoms with Gasteiger partial charge in [-0.25, -0.2) is 14.3 Å². The third-order valence-electron chi connectivity index (χ3n) is 8.04. The van der Waals surface area contributed by atoms with Crippen molar-refractivity contribution < 1.29 is 4.79 Å². The standard InChI is InChI=1S/C30H37ClN6O2/c1-6-26(38)34-15-16-36(21(5)18-34)27-23-17-24(31)29(35-14-10-9-11-20(35)4)32-28(23)37(30(39)33-27)25-13-8-7-12-22(25)19(2)3/h6-8,12-13,17,19-21H,1,9-11,14-16,18H2,2-5H3/t20?,21-/m0/s1. The maximum Gasteiger partial charge on any atom is 0.355 e. The number of nitrogens with zero attached hydrogens (tertiary/aromatic N) is 6. The van der Waals surface area contributed by atoms with Crippen LogP contribution >= 0.6 is 11.6 Å². The number of pyridine rings is 1. The number of aromatic nitrogens is 3. The van der Waals surface area contributed by atoms with E-state index in [4.69, 9.17) is 16.6 Å². The van der Waals surface area contributed by atoms with E-state index in [2.05, 4.69) is 42.1 Å². The fourth-order valence-corrected chi connectivity index (χ4v) is 6.19. The quantitative estimate of drug-likeness (QED) is 0.410. The van der Waals surface area contributed by atoms with Gasteiger partial charge in [-0.2, -0.15) is 4.98 Å². The molecule has 0 saturated carbocycles. The fraction of sp³-hybridized carbons (Fsp3) is 0.467. The second kappa shape index (κ2) is 11.0. The van der Waals surface area contributed by atoms with Crippen LogP contribution in [0.4, 0.5) is 11.6 Å². The normalized spacial score (nSPS) is 20.1. The van der Waals surface area contributed by atoms with Crippen LogP contribution in [0, 0.1) is 0 Å². The lowest BCUT2D eigenvalue weighted by Crippen LogP contribution is -2.54. The van der Waals surface area contributed by atoms with Gasteiger partial charge in [-0.1, -0.05) is 50.2 Å². The zero-order valence-corrected chi connectivity index (χ0v) is 24.0. The van der Waals surface area contributed by atoms with E-state index in [1.54, 1.807) is 9.47 Å². The molecule has 1 unspecified atom stereocenters. The first-order valence-electron chi connectivity index (χ1n) is 13.9. The smallest absolute Gasteiger partial charge is 0.353 e. The van der Waals surface area contributed by atoms with Crippen molar-refractivity contribution in [1.29, 1.82) is 0 Å². The molecule has 2 atom stereocenters. The summed E-state index contributed by atoms with van der Waals surface area (Å²) >= 11 is 6.95. The molecule has 0 bridgehead atoms. The van der Waals surface area contributed by atoms with Crippen molar-refractivity contribution in [3.63, 3.8) is 0 Å². The van der Waals surface area contributed by atoms with Crippen LogP contribution in [-0.2, 0) is 4.79 Å². The second-order valence-electron chi connectivity index (χ2n) is 11.0. The topological polar surface area (TPSA) is 74.6 Å². The predicted octanol–water partition coefficient (Wildman–Crippen LogP) is 5.16. The van der Waals surface area contributed by atoms with E-state index in [-0.39, 0.29) is 23.6 Å². The number of amides is 1. The van der Waals surface area contributed by atoms with E-state index in [1.165, 1.54) is 12.5 Å². The Morgan fingerprint density at radius 3 is 2.49 bits per heavy atom. The lowest BCUT2D eigenvalue weighted by Gasteiger charge is -2.40. The van der Waals surface area contributed by atoms with Crippen molar-refractivity contribution in [3.8, 4) is 5.69 Å². The number of carbonyl (C=O) groups is 1. The number of benzene rings is 1. The van der Waals surface area contributed by atoms with E-state index in [9.17, 15) is 9.59 Å². The molecule has 1 aromatic carbocycles. The van der Waals surface area contributed by atoms with Crippen molar-refractivity contribution in [1.82, 2.24) is 19.4 Å². The molecule has 0 N–H and O–H groups in total. The summed E-state index contributed by atoms with van der Waals surface area (Å²) in [6.45, 7) is 14.5. The SMILES string of the molecule is C=CC(=O)N1CCN(c2nc(=O)n(-c3ccccc3C(C)C)c3nc(N4CCCCC4C)c(Cl)cc23)[C@@H](C)C1. The Bertz CT molecular complexity index is 1470. The van der Waals surface area contributed by atoms with Crippen LogP contribution in [0.1, 0.15) is 58.4 Å². The number of para-hydroxylation sites is 1. The summed E-state index contributed by atoms with van der Waals surface area (Å²) in [4.78, 5) is 42.1. The summed E-state index contributed by atoms with van der Waals surface area (Å²) in [6, 6.07) is 10.1. The molecule has 1 amide bonds. The minimum Gasteiger partial charge on any atom is -0.353 e. The molecule has 4 heterocycles. The van der Waals surface area contributed by atoms with Gasteiger partial charge in [0.2, 0.25) is 5.91 Å². The molecule has 2 fully saturated rings. The Balaban J connectivity index is 1.73. The zero-order chi connectivity index (χ0) is 27.8. The molecule has 206 valence electrons. The van der Waals surface area contributed by atoms with Crippen LogP contribution in [0.3, 0.4) is 0 Å². The van der Waals surface area contributed by atoms with E-state index in [0.717, 1.165) is 36.0 Å². The Morgan fingerprint density at radius 2 is 1.79 bits per heavy atom. The summed E-state index contributed by atoms with van der Waals surface area (Å²) < 4.78 is 1.64. The molecule has 2 aromatic heterocycles. The largest absolute Gasteiger partial charge is 0.355 e. The third-order valence-corrected chi connectivity index (χ3v) is 8.32. The maximum atomic E-state index is 13.9. The monoisotopic (exact) mass is 548 g/mol. The van der Waals surface area contributed by atoms with Crippen LogP contribution in [0.2, 0.25) is 5.02 Å². The first kappa shape index (κ1) is 27.2. The van der Waals surface area contributed by atoms with Crippen LogP contribution in [-0.4, -0.2) is 63.6 Å². The van der Waals surface area contributed by atoms with Crippen molar-refractivity contribution in [3.05, 3.63) is 64.1 Å². The number of fused-ring (bicyclic) bond motifs is 1. The highest BCUT2D eigenvalue weighted by molar-refractivity contribution is 6.33. The lowest BCUT2D eigenvalue weighted by atomic mass is 10.0. The van der Waals surface area contributed by atoms with Crippen molar-refractivity contribution in [2.45, 2.75) is 65.0 Å². The van der Waals surface area contributed by atoms with Crippen molar-refractivity contribution in [2.24, 2.45) is 0 Å². The average Bonchev–Trinajstić information content (AvgIpc) is 2.92. The van der Waals surface area contributed by atoms with Gasteiger partial charge in [0.25, 0.3) is 0 Å². The van der Waals surface area contributed by atoms with E-state index in [1.807, 2.05) is 37.3 Å². The molecular formula is C30H37ClN6O2. The molecule has 2 aliphatic heterocycles. The van der Waals surface area contributed by atoms with E-state index in [0.29, 0.717) is 48.0 Å². The molecule has 0 spiro atoms. The molecule has 9 heteroatoms. The maximum absolute atomic E-state index is 13.9. The lowest BCUT2D eigenvalue weighted by molar-refractivity contribution is -0.126. The molecular weight excluding hydrogens is 512 g/mol. The zero-order valence-electron chi connectivity index (χ0n) is 23.2. The van der Waals surface area contributed by atoms with Crippen LogP contribution in [0.25, 0.3) is 16.7 Å². The summed E-state index contributed by atoms with van der Waals surface area (Å²) in [5, 5.41) is 1.27. The summed E-state index contributed by atoms with van der Waals surface area (Å²) in [6.07, 6.45) is 4.68. The number of piperidine rings is 1. The van der Waals surface area contributed by atoms with E-state index >= 15 is 0 Å². The number of anilines is 2. The van der Waals surface area contributed by atoms with Gasteiger partial charge in [-0.15, -0.1) is 0 Å². The third kappa shape index (κ3) is 5.02. The number of halogens is 1. The van der Waals surface area contributed by atoms with Gasteiger partial charge in [0.15, 0.2) is 5.65 Å². The van der Waals surface area contributed by atoms with Gasteiger partial charge in [-0.3, -0.25) is 4.79 Å². The van der Waals surface area contributed by atoms with Crippen LogP contribution in [0.15, 0.2) is 47.8 Å². The summed E-state index contributed by atoms with van der Waals surface area (Å²) in [5.41, 5.74) is 2.00. The molecule has 3 aromatic rings. The molecule has 0 radical (unpaired) electrons.